The molecule has 4 aromatic rings. The third-order valence-corrected chi connectivity index (χ3v) is 5.79. The van der Waals surface area contributed by atoms with Gasteiger partial charge in [0.2, 0.25) is 0 Å². The molecule has 1 aliphatic rings. The van der Waals surface area contributed by atoms with Crippen molar-refractivity contribution in [3.63, 3.8) is 0 Å². The van der Waals surface area contributed by atoms with Gasteiger partial charge in [0.15, 0.2) is 0 Å². The zero-order valence-corrected chi connectivity index (χ0v) is 20.5. The molecule has 0 spiro atoms. The molecule has 0 fully saturated rings. The number of benzene rings is 4. The van der Waals surface area contributed by atoms with Gasteiger partial charge in [0.05, 0.1) is 11.7 Å². The van der Waals surface area contributed by atoms with Crippen molar-refractivity contribution < 1.29 is 26.4 Å². The van der Waals surface area contributed by atoms with Crippen molar-refractivity contribution >= 4 is 24.4 Å². The van der Waals surface area contributed by atoms with Crippen LogP contribution in [0, 0.1) is 5.82 Å². The number of nitrogens with zero attached hydrogens (tertiary/aromatic N) is 1. The van der Waals surface area contributed by atoms with Gasteiger partial charge in [-0.15, -0.1) is 0 Å². The quantitative estimate of drug-likeness (QED) is 0.209. The number of allylic oxidation sites excluding steroid dienone is 2. The minimum absolute atomic E-state index is 0.261. The molecule has 1 unspecified atom stereocenters. The average Bonchev–Trinajstić information content (AvgIpc) is 2.93. The summed E-state index contributed by atoms with van der Waals surface area (Å²) in [5.41, 5.74) is 8.29. The number of halogens is 5. The molecule has 1 heterocycles. The first kappa shape index (κ1) is 27.4. The molecule has 0 aliphatic carbocycles. The van der Waals surface area contributed by atoms with Gasteiger partial charge in [-0.1, -0.05) is 97.1 Å². The van der Waals surface area contributed by atoms with E-state index < -0.39 is 13.1 Å². The Kier molecular flexibility index (Phi) is 8.61. The van der Waals surface area contributed by atoms with Crippen molar-refractivity contribution in [2.45, 2.75) is 6.04 Å². The van der Waals surface area contributed by atoms with Gasteiger partial charge < -0.3 is 17.3 Å². The van der Waals surface area contributed by atoms with Gasteiger partial charge in [0, 0.05) is 5.56 Å². The van der Waals surface area contributed by atoms with Gasteiger partial charge >= 0.3 is 7.25 Å². The lowest BCUT2D eigenvalue weighted by atomic mass is 9.92. The van der Waals surface area contributed by atoms with Crippen LogP contribution in [0.4, 0.5) is 21.7 Å². The summed E-state index contributed by atoms with van der Waals surface area (Å²) in [6.07, 6.45) is 4.22. The molecule has 1 aliphatic heterocycles. The number of hydrogen-bond acceptors (Lipinski definition) is 2. The number of rotatable bonds is 5. The second kappa shape index (κ2) is 12.3. The summed E-state index contributed by atoms with van der Waals surface area (Å²) in [6, 6.07) is 35.6. The third kappa shape index (κ3) is 7.67. The normalized spacial score (nSPS) is 14.9. The summed E-state index contributed by atoms with van der Waals surface area (Å²) < 4.78 is 52.8. The molecule has 5 rings (SSSR count). The Bertz CT molecular complexity index is 1450. The Labute approximate surface area is 223 Å². The van der Waals surface area contributed by atoms with Crippen LogP contribution in [0.1, 0.15) is 33.1 Å². The second-order valence-corrected chi connectivity index (χ2v) is 8.56. The molecule has 198 valence electrons. The molecule has 0 saturated carbocycles. The molecule has 0 bridgehead atoms. The Morgan fingerprint density at radius 3 is 1.82 bits per heavy atom. The number of carbonyl (C=O) groups excluding carboxylic acids is 1. The molecule has 1 atom stereocenters. The van der Waals surface area contributed by atoms with E-state index in [1.54, 1.807) is 6.07 Å². The first-order chi connectivity index (χ1) is 18.7. The molecular formula is C30H23BF5N2O-. The highest BCUT2D eigenvalue weighted by Crippen LogP contribution is 2.38. The van der Waals surface area contributed by atoms with Crippen LogP contribution in [0.5, 0.6) is 0 Å². The number of hydrazine groups is 1. The van der Waals surface area contributed by atoms with Crippen LogP contribution in [0.25, 0.3) is 11.3 Å². The standard InChI is InChI=1S/C30H23FN2O.BF4/c31-27-18-10-17-25(19-27)30(34)32-33-28(23-13-6-2-7-14-23)20-26(22-11-4-1-5-12-22)21-29(33)24-15-8-3-9-16-24;2-1(3,4)5/h1-21,28H,(H,32,34);/q;-1. The second-order valence-electron chi connectivity index (χ2n) is 8.56. The number of carbonyl (C=O) groups is 1. The lowest BCUT2D eigenvalue weighted by molar-refractivity contribution is 0.0837. The van der Waals surface area contributed by atoms with Crippen molar-refractivity contribution in [2.24, 2.45) is 0 Å². The van der Waals surface area contributed by atoms with E-state index >= 15 is 0 Å². The van der Waals surface area contributed by atoms with E-state index in [9.17, 15) is 26.4 Å². The molecule has 39 heavy (non-hydrogen) atoms. The summed E-state index contributed by atoms with van der Waals surface area (Å²) in [7, 11) is -6.00. The maximum Gasteiger partial charge on any atom is 0.673 e. The Morgan fingerprint density at radius 1 is 0.718 bits per heavy atom. The van der Waals surface area contributed by atoms with E-state index in [0.29, 0.717) is 0 Å². The van der Waals surface area contributed by atoms with E-state index in [1.807, 2.05) is 83.9 Å². The Balaban J connectivity index is 0.000000648. The predicted octanol–water partition coefficient (Wildman–Crippen LogP) is 7.95. The van der Waals surface area contributed by atoms with Crippen LogP contribution in [0.15, 0.2) is 127 Å². The van der Waals surface area contributed by atoms with Gasteiger partial charge in [-0.25, -0.2) is 4.39 Å². The molecule has 4 aromatic carbocycles. The highest BCUT2D eigenvalue weighted by atomic mass is 19.5. The largest absolute Gasteiger partial charge is 0.673 e. The van der Waals surface area contributed by atoms with E-state index in [-0.39, 0.29) is 17.5 Å². The molecule has 1 amide bonds. The Morgan fingerprint density at radius 2 is 1.26 bits per heavy atom. The topological polar surface area (TPSA) is 32.3 Å². The first-order valence-electron chi connectivity index (χ1n) is 12.0. The highest BCUT2D eigenvalue weighted by Gasteiger charge is 2.28. The van der Waals surface area contributed by atoms with Gasteiger partial charge in [-0.3, -0.25) is 15.2 Å². The molecule has 3 nitrogen and oxygen atoms in total. The zero-order chi connectivity index (χ0) is 27.8. The third-order valence-electron chi connectivity index (χ3n) is 5.79. The summed E-state index contributed by atoms with van der Waals surface area (Å²) >= 11 is 0. The maximum atomic E-state index is 13.8. The minimum atomic E-state index is -6.00. The van der Waals surface area contributed by atoms with Crippen LogP contribution in [0.2, 0.25) is 0 Å². The molecular weight excluding hydrogens is 510 g/mol. The Hall–Kier alpha value is -4.66. The average molecular weight is 533 g/mol. The first-order valence-corrected chi connectivity index (χ1v) is 12.0. The van der Waals surface area contributed by atoms with Crippen molar-refractivity contribution in [1.29, 1.82) is 0 Å². The highest BCUT2D eigenvalue weighted by molar-refractivity contribution is 6.50. The van der Waals surface area contributed by atoms with E-state index in [4.69, 9.17) is 0 Å². The molecule has 0 saturated heterocycles. The van der Waals surface area contributed by atoms with Crippen LogP contribution >= 0.6 is 0 Å². The van der Waals surface area contributed by atoms with Crippen LogP contribution in [0.3, 0.4) is 0 Å². The van der Waals surface area contributed by atoms with Gasteiger partial charge in [0.1, 0.15) is 5.82 Å². The summed E-state index contributed by atoms with van der Waals surface area (Å²) in [5, 5.41) is 1.87. The van der Waals surface area contributed by atoms with Crippen molar-refractivity contribution in [1.82, 2.24) is 10.4 Å². The van der Waals surface area contributed by atoms with Crippen LogP contribution in [-0.4, -0.2) is 18.2 Å². The van der Waals surface area contributed by atoms with Crippen molar-refractivity contribution in [3.8, 4) is 0 Å². The fourth-order valence-corrected chi connectivity index (χ4v) is 4.13. The van der Waals surface area contributed by atoms with Crippen LogP contribution < -0.4 is 5.43 Å². The van der Waals surface area contributed by atoms with E-state index in [1.165, 1.54) is 18.2 Å². The SMILES string of the molecule is F[B-](F)(F)F.O=C(NN1C(c2ccccc2)=CC(c2ccccc2)=CC1c1ccccc1)c1cccc(F)c1. The van der Waals surface area contributed by atoms with Crippen molar-refractivity contribution in [3.05, 3.63) is 155 Å². The number of amides is 1. The van der Waals surface area contributed by atoms with Crippen LogP contribution in [-0.2, 0) is 0 Å². The van der Waals surface area contributed by atoms with Crippen molar-refractivity contribution in [2.75, 3.05) is 0 Å². The van der Waals surface area contributed by atoms with Gasteiger partial charge in [-0.2, -0.15) is 0 Å². The minimum Gasteiger partial charge on any atom is -0.418 e. The molecule has 1 N–H and O–H groups in total. The molecule has 0 aromatic heterocycles. The molecule has 9 heteroatoms. The number of nitrogens with one attached hydrogen (secondary N) is 1. The molecule has 0 radical (unpaired) electrons. The summed E-state index contributed by atoms with van der Waals surface area (Å²) in [4.78, 5) is 13.2. The predicted molar refractivity (Wildman–Crippen MR) is 144 cm³/mol. The fraction of sp³-hybridized carbons (Fsp3) is 0.0333. The number of hydrogen-bond donors (Lipinski definition) is 1. The monoisotopic (exact) mass is 533 g/mol. The maximum absolute atomic E-state index is 13.8. The zero-order valence-electron chi connectivity index (χ0n) is 20.5. The fourth-order valence-electron chi connectivity index (χ4n) is 4.13. The summed E-state index contributed by atoms with van der Waals surface area (Å²) in [5.74, 6) is -0.824. The van der Waals surface area contributed by atoms with E-state index in [0.717, 1.165) is 28.0 Å². The smallest absolute Gasteiger partial charge is 0.418 e. The lowest BCUT2D eigenvalue weighted by Gasteiger charge is -2.37. The van der Waals surface area contributed by atoms with Gasteiger partial charge in [0.25, 0.3) is 5.91 Å². The van der Waals surface area contributed by atoms with E-state index in [2.05, 4.69) is 29.7 Å². The summed E-state index contributed by atoms with van der Waals surface area (Å²) in [6.45, 7) is 0. The lowest BCUT2D eigenvalue weighted by Crippen LogP contribution is -2.44. The van der Waals surface area contributed by atoms with Gasteiger partial charge in [-0.05, 0) is 52.6 Å².